The molecule has 0 radical (unpaired) electrons. The number of methoxy groups -OCH3 is 2. The Balaban J connectivity index is 1.58. The van der Waals surface area contributed by atoms with E-state index in [1.165, 1.54) is 11.3 Å². The van der Waals surface area contributed by atoms with Gasteiger partial charge in [-0.2, -0.15) is 9.61 Å². The van der Waals surface area contributed by atoms with Gasteiger partial charge in [-0.1, -0.05) is 53.8 Å². The Bertz CT molecular complexity index is 1090. The Morgan fingerprint density at radius 2 is 1.78 bits per heavy atom. The summed E-state index contributed by atoms with van der Waals surface area (Å²) < 4.78 is 12.5. The summed E-state index contributed by atoms with van der Waals surface area (Å²) in [6.07, 6.45) is 4.64. The van der Waals surface area contributed by atoms with Gasteiger partial charge >= 0.3 is 0 Å². The van der Waals surface area contributed by atoms with Crippen molar-refractivity contribution in [2.24, 2.45) is 0 Å². The highest BCUT2D eigenvalue weighted by atomic mass is 32.1. The molecular weight excluding hydrogens is 360 g/mol. The van der Waals surface area contributed by atoms with Gasteiger partial charge in [0.1, 0.15) is 5.01 Å². The van der Waals surface area contributed by atoms with Gasteiger partial charge in [0.15, 0.2) is 17.3 Å². The topological polar surface area (TPSA) is 61.5 Å². The van der Waals surface area contributed by atoms with Crippen molar-refractivity contribution in [3.63, 3.8) is 0 Å². The molecule has 0 aliphatic carbocycles. The fraction of sp³-hybridized carbons (Fsp3) is 0.150. The number of fused-ring (bicyclic) bond motifs is 1. The first-order valence-electron chi connectivity index (χ1n) is 8.42. The molecule has 0 saturated carbocycles. The van der Waals surface area contributed by atoms with Crippen LogP contribution in [0.1, 0.15) is 22.0 Å². The lowest BCUT2D eigenvalue weighted by Gasteiger charge is -2.08. The molecule has 2 heterocycles. The Morgan fingerprint density at radius 3 is 2.56 bits per heavy atom. The SMILES string of the molecule is COc1ccc(Cc2nnc3sc(/C=C\c4ccccc4)nn23)cc1OC. The molecule has 27 heavy (non-hydrogen) atoms. The molecule has 136 valence electrons. The van der Waals surface area contributed by atoms with E-state index >= 15 is 0 Å². The largest absolute Gasteiger partial charge is 0.493 e. The van der Waals surface area contributed by atoms with Crippen LogP contribution in [0.15, 0.2) is 48.5 Å². The third-order valence-electron chi connectivity index (χ3n) is 4.10. The molecule has 2 aromatic carbocycles. The highest BCUT2D eigenvalue weighted by Crippen LogP contribution is 2.28. The Hall–Kier alpha value is -3.19. The zero-order valence-electron chi connectivity index (χ0n) is 15.0. The summed E-state index contributed by atoms with van der Waals surface area (Å²) in [4.78, 5) is 0.776. The first-order valence-corrected chi connectivity index (χ1v) is 9.23. The van der Waals surface area contributed by atoms with Crippen molar-refractivity contribution in [1.29, 1.82) is 0 Å². The van der Waals surface area contributed by atoms with Crippen LogP contribution in [-0.2, 0) is 6.42 Å². The summed E-state index contributed by atoms with van der Waals surface area (Å²) in [7, 11) is 3.25. The second-order valence-corrected chi connectivity index (χ2v) is 6.85. The lowest BCUT2D eigenvalue weighted by atomic mass is 10.1. The Morgan fingerprint density at radius 1 is 0.963 bits per heavy atom. The van der Waals surface area contributed by atoms with Gasteiger partial charge in [-0.3, -0.25) is 0 Å². The number of hydrogen-bond acceptors (Lipinski definition) is 6. The van der Waals surface area contributed by atoms with Crippen molar-refractivity contribution >= 4 is 28.4 Å². The molecule has 0 saturated heterocycles. The minimum atomic E-state index is 0.604. The first-order chi connectivity index (χ1) is 13.3. The normalized spacial score (nSPS) is 11.3. The maximum Gasteiger partial charge on any atom is 0.234 e. The second kappa shape index (κ2) is 7.59. The zero-order valence-corrected chi connectivity index (χ0v) is 15.8. The maximum atomic E-state index is 5.37. The third-order valence-corrected chi connectivity index (χ3v) is 4.96. The van der Waals surface area contributed by atoms with Gasteiger partial charge in [0, 0.05) is 6.42 Å². The molecule has 0 fully saturated rings. The number of ether oxygens (including phenoxy) is 2. The molecular formula is C20H18N4O2S. The summed E-state index contributed by atoms with van der Waals surface area (Å²) >= 11 is 1.51. The molecule has 7 heteroatoms. The predicted octanol–water partition coefficient (Wildman–Crippen LogP) is 3.96. The molecule has 6 nitrogen and oxygen atoms in total. The number of benzene rings is 2. The van der Waals surface area contributed by atoms with Crippen molar-refractivity contribution < 1.29 is 9.47 Å². The van der Waals surface area contributed by atoms with Crippen molar-refractivity contribution in [3.05, 3.63) is 70.5 Å². The van der Waals surface area contributed by atoms with Crippen molar-refractivity contribution in [3.8, 4) is 11.5 Å². The molecule has 0 N–H and O–H groups in total. The van der Waals surface area contributed by atoms with E-state index in [1.54, 1.807) is 18.7 Å². The van der Waals surface area contributed by atoms with Gasteiger partial charge < -0.3 is 9.47 Å². The minimum Gasteiger partial charge on any atom is -0.493 e. The van der Waals surface area contributed by atoms with Crippen LogP contribution in [0.3, 0.4) is 0 Å². The maximum absolute atomic E-state index is 5.37. The van der Waals surface area contributed by atoms with Crippen LogP contribution in [-0.4, -0.2) is 34.0 Å². The highest BCUT2D eigenvalue weighted by Gasteiger charge is 2.12. The van der Waals surface area contributed by atoms with Crippen LogP contribution in [0, 0.1) is 0 Å². The molecule has 0 aliphatic rings. The average Bonchev–Trinajstić information content (AvgIpc) is 3.28. The summed E-state index contributed by atoms with van der Waals surface area (Å²) in [6.45, 7) is 0. The molecule has 4 aromatic rings. The van der Waals surface area contributed by atoms with Crippen LogP contribution >= 0.6 is 11.3 Å². The molecule has 0 aliphatic heterocycles. The van der Waals surface area contributed by atoms with Crippen LogP contribution < -0.4 is 9.47 Å². The quantitative estimate of drug-likeness (QED) is 0.508. The Labute approximate surface area is 160 Å². The number of rotatable bonds is 6. The van der Waals surface area contributed by atoms with E-state index in [9.17, 15) is 0 Å². The fourth-order valence-corrected chi connectivity index (χ4v) is 3.51. The average molecular weight is 378 g/mol. The first kappa shape index (κ1) is 17.2. The summed E-state index contributed by atoms with van der Waals surface area (Å²) in [5.41, 5.74) is 2.19. The van der Waals surface area contributed by atoms with E-state index in [-0.39, 0.29) is 0 Å². The lowest BCUT2D eigenvalue weighted by Crippen LogP contribution is -1.99. The van der Waals surface area contributed by atoms with Gasteiger partial charge in [-0.25, -0.2) is 0 Å². The Kier molecular flexibility index (Phi) is 4.84. The monoisotopic (exact) mass is 378 g/mol. The molecule has 0 unspecified atom stereocenters. The molecule has 0 bridgehead atoms. The highest BCUT2D eigenvalue weighted by molar-refractivity contribution is 7.17. The molecule has 2 aromatic heterocycles. The summed E-state index contributed by atoms with van der Waals surface area (Å²) in [5, 5.41) is 14.0. The van der Waals surface area contributed by atoms with Gasteiger partial charge in [-0.05, 0) is 29.3 Å². The number of hydrogen-bond donors (Lipinski definition) is 0. The third kappa shape index (κ3) is 3.68. The minimum absolute atomic E-state index is 0.604. The van der Waals surface area contributed by atoms with Crippen LogP contribution in [0.4, 0.5) is 0 Å². The van der Waals surface area contributed by atoms with Gasteiger partial charge in [-0.15, -0.1) is 10.2 Å². The van der Waals surface area contributed by atoms with Crippen LogP contribution in [0.2, 0.25) is 0 Å². The fourth-order valence-electron chi connectivity index (χ4n) is 2.75. The van der Waals surface area contributed by atoms with Gasteiger partial charge in [0.05, 0.1) is 14.2 Å². The zero-order chi connectivity index (χ0) is 18.6. The van der Waals surface area contributed by atoms with Gasteiger partial charge in [0.25, 0.3) is 0 Å². The second-order valence-electron chi connectivity index (χ2n) is 5.86. The van der Waals surface area contributed by atoms with E-state index < -0.39 is 0 Å². The predicted molar refractivity (Wildman–Crippen MR) is 106 cm³/mol. The van der Waals surface area contributed by atoms with E-state index in [4.69, 9.17) is 9.47 Å². The van der Waals surface area contributed by atoms with Gasteiger partial charge in [0.2, 0.25) is 4.96 Å². The van der Waals surface area contributed by atoms with E-state index in [0.717, 1.165) is 26.9 Å². The molecule has 4 rings (SSSR count). The van der Waals surface area contributed by atoms with Crippen LogP contribution in [0.25, 0.3) is 17.1 Å². The summed E-state index contributed by atoms with van der Waals surface area (Å²) in [5.74, 6) is 2.18. The van der Waals surface area contributed by atoms with E-state index in [1.807, 2.05) is 48.6 Å². The van der Waals surface area contributed by atoms with Crippen molar-refractivity contribution in [1.82, 2.24) is 19.8 Å². The van der Waals surface area contributed by atoms with Crippen molar-refractivity contribution in [2.75, 3.05) is 14.2 Å². The molecule has 0 amide bonds. The smallest absolute Gasteiger partial charge is 0.234 e. The molecule has 0 atom stereocenters. The van der Waals surface area contributed by atoms with Crippen molar-refractivity contribution in [2.45, 2.75) is 6.42 Å². The van der Waals surface area contributed by atoms with Crippen LogP contribution in [0.5, 0.6) is 11.5 Å². The van der Waals surface area contributed by atoms with E-state index in [0.29, 0.717) is 17.9 Å². The van der Waals surface area contributed by atoms with E-state index in [2.05, 4.69) is 27.4 Å². The standard InChI is InChI=1S/C20H18N4O2S/c1-25-16-10-8-15(12-17(16)26-2)13-18-21-22-20-24(18)23-19(27-20)11-9-14-6-4-3-5-7-14/h3-12H,13H2,1-2H3/b11-9-. The lowest BCUT2D eigenvalue weighted by molar-refractivity contribution is 0.354. The summed E-state index contributed by atoms with van der Waals surface area (Å²) in [6, 6.07) is 16.0. The number of nitrogens with zero attached hydrogens (tertiary/aromatic N) is 4. The number of aromatic nitrogens is 4. The molecule has 0 spiro atoms.